The first-order chi connectivity index (χ1) is 16.8. The fourth-order valence-electron chi connectivity index (χ4n) is 5.59. The van der Waals surface area contributed by atoms with Crippen LogP contribution in [0.3, 0.4) is 0 Å². The quantitative estimate of drug-likeness (QED) is 0.250. The SMILES string of the molecule is Cc1nc2c(n1-c1ccc(-c3ccc4c5ccccc5c5ccccc5c4c3)cc1)C=CCC2. The molecule has 0 fully saturated rings. The van der Waals surface area contributed by atoms with E-state index in [4.69, 9.17) is 4.98 Å². The van der Waals surface area contributed by atoms with Gasteiger partial charge in [-0.3, -0.25) is 4.57 Å². The van der Waals surface area contributed by atoms with Crippen LogP contribution in [0.2, 0.25) is 0 Å². The van der Waals surface area contributed by atoms with Gasteiger partial charge in [-0.1, -0.05) is 78.9 Å². The summed E-state index contributed by atoms with van der Waals surface area (Å²) in [6.45, 7) is 2.10. The molecule has 7 rings (SSSR count). The maximum atomic E-state index is 4.81. The minimum Gasteiger partial charge on any atom is -0.297 e. The Kier molecular flexibility index (Phi) is 4.22. The second-order valence-electron chi connectivity index (χ2n) is 9.17. The van der Waals surface area contributed by atoms with Gasteiger partial charge in [0, 0.05) is 5.69 Å². The summed E-state index contributed by atoms with van der Waals surface area (Å²) in [4.78, 5) is 4.81. The van der Waals surface area contributed by atoms with Gasteiger partial charge in [0.15, 0.2) is 0 Å². The molecule has 0 atom stereocenters. The highest BCUT2D eigenvalue weighted by Crippen LogP contribution is 2.37. The third-order valence-electron chi connectivity index (χ3n) is 7.18. The van der Waals surface area contributed by atoms with Crippen molar-refractivity contribution in [2.75, 3.05) is 0 Å². The van der Waals surface area contributed by atoms with Gasteiger partial charge in [-0.2, -0.15) is 0 Å². The highest BCUT2D eigenvalue weighted by molar-refractivity contribution is 6.25. The molecule has 162 valence electrons. The molecule has 1 aromatic heterocycles. The summed E-state index contributed by atoms with van der Waals surface area (Å²) in [7, 11) is 0. The van der Waals surface area contributed by atoms with E-state index in [1.807, 2.05) is 0 Å². The van der Waals surface area contributed by atoms with Gasteiger partial charge in [0.2, 0.25) is 0 Å². The van der Waals surface area contributed by atoms with Crippen molar-refractivity contribution in [2.24, 2.45) is 0 Å². The molecule has 0 saturated carbocycles. The predicted molar refractivity (Wildman–Crippen MR) is 144 cm³/mol. The average molecular weight is 437 g/mol. The topological polar surface area (TPSA) is 17.8 Å². The summed E-state index contributed by atoms with van der Waals surface area (Å²) < 4.78 is 2.27. The summed E-state index contributed by atoms with van der Waals surface area (Å²) in [5.41, 5.74) is 6.06. The van der Waals surface area contributed by atoms with Crippen LogP contribution in [-0.4, -0.2) is 9.55 Å². The van der Waals surface area contributed by atoms with E-state index < -0.39 is 0 Å². The third-order valence-corrected chi connectivity index (χ3v) is 7.18. The zero-order chi connectivity index (χ0) is 22.6. The molecule has 0 bridgehead atoms. The molecule has 0 spiro atoms. The van der Waals surface area contributed by atoms with Crippen molar-refractivity contribution in [1.29, 1.82) is 0 Å². The summed E-state index contributed by atoms with van der Waals surface area (Å²) in [6.07, 6.45) is 6.56. The molecule has 0 saturated heterocycles. The molecule has 1 aliphatic rings. The van der Waals surface area contributed by atoms with E-state index in [1.165, 1.54) is 60.5 Å². The Labute approximate surface area is 198 Å². The van der Waals surface area contributed by atoms with Crippen LogP contribution in [0.5, 0.6) is 0 Å². The van der Waals surface area contributed by atoms with Crippen LogP contribution >= 0.6 is 0 Å². The van der Waals surface area contributed by atoms with Crippen molar-refractivity contribution < 1.29 is 0 Å². The van der Waals surface area contributed by atoms with Gasteiger partial charge in [-0.05, 0) is 87.5 Å². The molecule has 1 heterocycles. The second kappa shape index (κ2) is 7.43. The second-order valence-corrected chi connectivity index (χ2v) is 9.17. The molecule has 0 amide bonds. The van der Waals surface area contributed by atoms with E-state index in [2.05, 4.69) is 115 Å². The number of aryl methyl sites for hydroxylation is 2. The number of fused-ring (bicyclic) bond motifs is 7. The molecule has 0 aliphatic heterocycles. The van der Waals surface area contributed by atoms with Gasteiger partial charge >= 0.3 is 0 Å². The largest absolute Gasteiger partial charge is 0.297 e. The molecule has 34 heavy (non-hydrogen) atoms. The maximum absolute atomic E-state index is 4.81. The summed E-state index contributed by atoms with van der Waals surface area (Å²) in [6, 6.07) is 33.3. The van der Waals surface area contributed by atoms with E-state index in [1.54, 1.807) is 0 Å². The number of aromatic nitrogens is 2. The number of allylic oxidation sites excluding steroid dienone is 1. The molecule has 2 nitrogen and oxygen atoms in total. The number of hydrogen-bond acceptors (Lipinski definition) is 1. The van der Waals surface area contributed by atoms with Crippen LogP contribution in [-0.2, 0) is 6.42 Å². The standard InChI is InChI=1S/C32H24N2/c1-21-33-31-12-6-7-13-32(31)34(21)24-17-14-22(15-18-24)23-16-19-29-27-10-3-2-8-25(27)26-9-4-5-11-28(26)30(29)20-23/h2-5,7-11,13-20H,6,12H2,1H3. The van der Waals surface area contributed by atoms with Gasteiger partial charge in [0.25, 0.3) is 0 Å². The molecule has 5 aromatic carbocycles. The Bertz CT molecular complexity index is 1720. The van der Waals surface area contributed by atoms with E-state index in [9.17, 15) is 0 Å². The maximum Gasteiger partial charge on any atom is 0.110 e. The number of nitrogens with zero attached hydrogens (tertiary/aromatic N) is 2. The highest BCUT2D eigenvalue weighted by Gasteiger charge is 2.16. The van der Waals surface area contributed by atoms with Crippen molar-refractivity contribution >= 4 is 38.4 Å². The first-order valence-corrected chi connectivity index (χ1v) is 12.0. The summed E-state index contributed by atoms with van der Waals surface area (Å²) in [5, 5.41) is 7.86. The van der Waals surface area contributed by atoms with Crippen LogP contribution in [0.25, 0.3) is 55.2 Å². The van der Waals surface area contributed by atoms with Crippen molar-refractivity contribution in [3.8, 4) is 16.8 Å². The lowest BCUT2D eigenvalue weighted by Crippen LogP contribution is -2.01. The van der Waals surface area contributed by atoms with E-state index >= 15 is 0 Å². The van der Waals surface area contributed by atoms with Crippen LogP contribution < -0.4 is 0 Å². The average Bonchev–Trinajstić information content (AvgIpc) is 3.24. The minimum absolute atomic E-state index is 1.03. The first kappa shape index (κ1) is 19.3. The van der Waals surface area contributed by atoms with Crippen LogP contribution in [0, 0.1) is 6.92 Å². The third kappa shape index (κ3) is 2.85. The Morgan fingerprint density at radius 3 is 1.91 bits per heavy atom. The summed E-state index contributed by atoms with van der Waals surface area (Å²) in [5.74, 6) is 1.05. The molecule has 2 heteroatoms. The van der Waals surface area contributed by atoms with E-state index in [-0.39, 0.29) is 0 Å². The van der Waals surface area contributed by atoms with Gasteiger partial charge in [0.1, 0.15) is 5.82 Å². The predicted octanol–water partition coefficient (Wildman–Crippen LogP) is 8.27. The van der Waals surface area contributed by atoms with Crippen molar-refractivity contribution in [3.63, 3.8) is 0 Å². The fourth-order valence-corrected chi connectivity index (χ4v) is 5.59. The van der Waals surface area contributed by atoms with Crippen molar-refractivity contribution in [3.05, 3.63) is 114 Å². The van der Waals surface area contributed by atoms with E-state index in [0.29, 0.717) is 0 Å². The van der Waals surface area contributed by atoms with Gasteiger partial charge in [-0.25, -0.2) is 4.98 Å². The Hall–Kier alpha value is -4.17. The van der Waals surface area contributed by atoms with Gasteiger partial charge in [-0.15, -0.1) is 0 Å². The van der Waals surface area contributed by atoms with Crippen LogP contribution in [0.15, 0.2) is 97.1 Å². The van der Waals surface area contributed by atoms with Crippen molar-refractivity contribution in [2.45, 2.75) is 19.8 Å². The molecular formula is C32H24N2. The number of hydrogen-bond donors (Lipinski definition) is 0. The molecule has 6 aromatic rings. The molecule has 0 N–H and O–H groups in total. The normalized spacial score (nSPS) is 13.1. The zero-order valence-corrected chi connectivity index (χ0v) is 19.1. The molecule has 0 unspecified atom stereocenters. The fraction of sp³-hybridized carbons (Fsp3) is 0.0938. The van der Waals surface area contributed by atoms with Gasteiger partial charge < -0.3 is 0 Å². The lowest BCUT2D eigenvalue weighted by molar-refractivity contribution is 0.936. The molecular weight excluding hydrogens is 412 g/mol. The summed E-state index contributed by atoms with van der Waals surface area (Å²) >= 11 is 0. The lowest BCUT2D eigenvalue weighted by Gasteiger charge is -2.13. The number of benzene rings is 5. The van der Waals surface area contributed by atoms with Gasteiger partial charge in [0.05, 0.1) is 11.4 Å². The zero-order valence-electron chi connectivity index (χ0n) is 19.1. The number of rotatable bonds is 2. The molecule has 1 aliphatic carbocycles. The lowest BCUT2D eigenvalue weighted by atomic mass is 9.92. The minimum atomic E-state index is 1.03. The van der Waals surface area contributed by atoms with Crippen LogP contribution in [0.1, 0.15) is 23.6 Å². The van der Waals surface area contributed by atoms with Crippen LogP contribution in [0.4, 0.5) is 0 Å². The first-order valence-electron chi connectivity index (χ1n) is 12.0. The monoisotopic (exact) mass is 436 g/mol. The molecule has 0 radical (unpaired) electrons. The Balaban J connectivity index is 1.38. The number of imidazole rings is 1. The highest BCUT2D eigenvalue weighted by atomic mass is 15.1. The smallest absolute Gasteiger partial charge is 0.110 e. The van der Waals surface area contributed by atoms with E-state index in [0.717, 1.165) is 18.7 Å². The van der Waals surface area contributed by atoms with Crippen molar-refractivity contribution in [1.82, 2.24) is 9.55 Å². The Morgan fingerprint density at radius 2 is 1.24 bits per heavy atom. The Morgan fingerprint density at radius 1 is 0.647 bits per heavy atom.